The van der Waals surface area contributed by atoms with Gasteiger partial charge in [0.05, 0.1) is 6.10 Å². The molecule has 4 N–H and O–H groups in total. The summed E-state index contributed by atoms with van der Waals surface area (Å²) >= 11 is 0. The summed E-state index contributed by atoms with van der Waals surface area (Å²) in [6.07, 6.45) is 0.462. The highest BCUT2D eigenvalue weighted by Gasteiger charge is 1.99. The van der Waals surface area contributed by atoms with Crippen molar-refractivity contribution in [1.29, 1.82) is 0 Å². The van der Waals surface area contributed by atoms with Crippen LogP contribution in [0, 0.1) is 0 Å². The molecule has 0 saturated heterocycles. The van der Waals surface area contributed by atoms with Gasteiger partial charge >= 0.3 is 0 Å². The second-order valence-corrected chi connectivity index (χ2v) is 3.88. The summed E-state index contributed by atoms with van der Waals surface area (Å²) in [4.78, 5) is 10.8. The van der Waals surface area contributed by atoms with Crippen molar-refractivity contribution < 1.29 is 9.90 Å². The number of primary amides is 1. The molecular weight excluding hydrogens is 204 g/mol. The average Bonchev–Trinajstić information content (AvgIpc) is 2.25. The topological polar surface area (TPSA) is 75.3 Å². The molecule has 1 rings (SSSR count). The fourth-order valence-corrected chi connectivity index (χ4v) is 1.33. The molecule has 1 amide bonds. The summed E-state index contributed by atoms with van der Waals surface area (Å²) < 4.78 is 0. The van der Waals surface area contributed by atoms with Crippen LogP contribution in [0.4, 0.5) is 0 Å². The zero-order valence-electron chi connectivity index (χ0n) is 9.44. The number of aliphatic hydroxyl groups is 1. The average molecular weight is 222 g/mol. The van der Waals surface area contributed by atoms with E-state index < -0.39 is 5.91 Å². The monoisotopic (exact) mass is 222 g/mol. The summed E-state index contributed by atoms with van der Waals surface area (Å²) in [7, 11) is 0. The summed E-state index contributed by atoms with van der Waals surface area (Å²) in [6, 6.07) is 7.17. The van der Waals surface area contributed by atoms with Crippen molar-refractivity contribution in [2.75, 3.05) is 6.54 Å². The van der Waals surface area contributed by atoms with E-state index >= 15 is 0 Å². The second kappa shape index (κ2) is 6.25. The number of nitrogens with two attached hydrogens (primary N) is 1. The molecule has 4 nitrogen and oxygen atoms in total. The molecule has 88 valence electrons. The molecule has 0 radical (unpaired) electrons. The van der Waals surface area contributed by atoms with Crippen LogP contribution in [0.25, 0.3) is 0 Å². The zero-order chi connectivity index (χ0) is 12.0. The molecule has 16 heavy (non-hydrogen) atoms. The number of carbonyl (C=O) groups is 1. The van der Waals surface area contributed by atoms with Crippen LogP contribution in [0.15, 0.2) is 24.3 Å². The van der Waals surface area contributed by atoms with Crippen LogP contribution in [-0.2, 0) is 6.54 Å². The fourth-order valence-electron chi connectivity index (χ4n) is 1.33. The molecule has 0 fully saturated rings. The molecule has 0 bridgehead atoms. The van der Waals surface area contributed by atoms with Gasteiger partial charge in [0.15, 0.2) is 0 Å². The molecule has 0 heterocycles. The highest BCUT2D eigenvalue weighted by atomic mass is 16.3. The van der Waals surface area contributed by atoms with Gasteiger partial charge in [0, 0.05) is 12.1 Å². The third-order valence-corrected chi connectivity index (χ3v) is 2.31. The van der Waals surface area contributed by atoms with E-state index in [4.69, 9.17) is 10.8 Å². The molecule has 0 saturated carbocycles. The molecule has 4 heteroatoms. The van der Waals surface area contributed by atoms with Crippen molar-refractivity contribution in [3.8, 4) is 0 Å². The second-order valence-electron chi connectivity index (χ2n) is 3.88. The maximum atomic E-state index is 10.8. The van der Waals surface area contributed by atoms with Crippen molar-refractivity contribution in [2.45, 2.75) is 26.0 Å². The van der Waals surface area contributed by atoms with Gasteiger partial charge in [-0.3, -0.25) is 4.79 Å². The molecule has 0 aliphatic carbocycles. The highest BCUT2D eigenvalue weighted by molar-refractivity contribution is 5.92. The molecule has 0 aliphatic heterocycles. The van der Waals surface area contributed by atoms with Crippen molar-refractivity contribution in [1.82, 2.24) is 5.32 Å². The highest BCUT2D eigenvalue weighted by Crippen LogP contribution is 2.03. The Bertz CT molecular complexity index is 333. The standard InChI is InChI=1S/C12H18N2O2/c1-9(15)6-7-14-8-10-2-4-11(5-3-10)12(13)16/h2-5,9,14-15H,6-8H2,1H3,(H2,13,16). The van der Waals surface area contributed by atoms with E-state index in [0.717, 1.165) is 25.1 Å². The third kappa shape index (κ3) is 4.42. The molecule has 1 unspecified atom stereocenters. The van der Waals surface area contributed by atoms with Crippen LogP contribution < -0.4 is 11.1 Å². The van der Waals surface area contributed by atoms with Crippen molar-refractivity contribution in [3.63, 3.8) is 0 Å². The lowest BCUT2D eigenvalue weighted by Crippen LogP contribution is -2.18. The van der Waals surface area contributed by atoms with Crippen LogP contribution in [0.2, 0.25) is 0 Å². The van der Waals surface area contributed by atoms with Gasteiger partial charge in [0.1, 0.15) is 0 Å². The molecule has 1 atom stereocenters. The lowest BCUT2D eigenvalue weighted by Gasteiger charge is -2.06. The molecule has 0 aliphatic rings. The quantitative estimate of drug-likeness (QED) is 0.618. The van der Waals surface area contributed by atoms with Gasteiger partial charge in [-0.25, -0.2) is 0 Å². The predicted molar refractivity (Wildman–Crippen MR) is 63.0 cm³/mol. The van der Waals surface area contributed by atoms with Gasteiger partial charge in [-0.1, -0.05) is 12.1 Å². The number of carbonyl (C=O) groups excluding carboxylic acids is 1. The minimum Gasteiger partial charge on any atom is -0.393 e. The van der Waals surface area contributed by atoms with Crippen molar-refractivity contribution in [2.24, 2.45) is 5.73 Å². The van der Waals surface area contributed by atoms with Crippen molar-refractivity contribution in [3.05, 3.63) is 35.4 Å². The van der Waals surface area contributed by atoms with Crippen molar-refractivity contribution >= 4 is 5.91 Å². The Labute approximate surface area is 95.5 Å². The zero-order valence-corrected chi connectivity index (χ0v) is 9.44. The molecular formula is C12H18N2O2. The third-order valence-electron chi connectivity index (χ3n) is 2.31. The number of amides is 1. The maximum Gasteiger partial charge on any atom is 0.248 e. The first-order valence-corrected chi connectivity index (χ1v) is 5.37. The SMILES string of the molecule is CC(O)CCNCc1ccc(C(N)=O)cc1. The lowest BCUT2D eigenvalue weighted by molar-refractivity contribution is 0.1000. The van der Waals surface area contributed by atoms with Crippen LogP contribution in [0.3, 0.4) is 0 Å². The normalized spacial score (nSPS) is 12.4. The predicted octanol–water partition coefficient (Wildman–Crippen LogP) is 0.646. The molecule has 0 spiro atoms. The van der Waals surface area contributed by atoms with E-state index in [1.165, 1.54) is 0 Å². The van der Waals surface area contributed by atoms with Gasteiger partial charge in [0.25, 0.3) is 0 Å². The number of rotatable bonds is 6. The number of hydrogen-bond acceptors (Lipinski definition) is 3. The van der Waals surface area contributed by atoms with E-state index in [1.807, 2.05) is 12.1 Å². The summed E-state index contributed by atoms with van der Waals surface area (Å²) in [6.45, 7) is 3.27. The number of nitrogens with one attached hydrogen (secondary N) is 1. The minimum atomic E-state index is -0.409. The van der Waals surface area contributed by atoms with Gasteiger partial charge in [-0.05, 0) is 37.6 Å². The van der Waals surface area contributed by atoms with Crippen LogP contribution in [0.1, 0.15) is 29.3 Å². The van der Waals surface area contributed by atoms with Gasteiger partial charge in [-0.2, -0.15) is 0 Å². The summed E-state index contributed by atoms with van der Waals surface area (Å²) in [5, 5.41) is 12.3. The Hall–Kier alpha value is -1.39. The van der Waals surface area contributed by atoms with Crippen LogP contribution in [-0.4, -0.2) is 23.7 Å². The molecule has 0 aromatic heterocycles. The van der Waals surface area contributed by atoms with E-state index in [1.54, 1.807) is 19.1 Å². The summed E-state index contributed by atoms with van der Waals surface area (Å²) in [5.74, 6) is -0.409. The Morgan fingerprint density at radius 1 is 1.44 bits per heavy atom. The van der Waals surface area contributed by atoms with E-state index in [9.17, 15) is 4.79 Å². The Kier molecular flexibility index (Phi) is 4.95. The number of hydrogen-bond donors (Lipinski definition) is 3. The summed E-state index contributed by atoms with van der Waals surface area (Å²) in [5.41, 5.74) is 6.75. The fraction of sp³-hybridized carbons (Fsp3) is 0.417. The first-order valence-electron chi connectivity index (χ1n) is 5.37. The molecule has 1 aromatic rings. The Morgan fingerprint density at radius 3 is 2.56 bits per heavy atom. The van der Waals surface area contributed by atoms with Gasteiger partial charge in [0.2, 0.25) is 5.91 Å². The van der Waals surface area contributed by atoms with E-state index in [2.05, 4.69) is 5.32 Å². The van der Waals surface area contributed by atoms with Gasteiger partial charge < -0.3 is 16.2 Å². The molecule has 1 aromatic carbocycles. The Morgan fingerprint density at radius 2 is 2.06 bits per heavy atom. The number of aliphatic hydroxyl groups excluding tert-OH is 1. The first kappa shape index (κ1) is 12.7. The Balaban J connectivity index is 2.35. The lowest BCUT2D eigenvalue weighted by atomic mass is 10.1. The van der Waals surface area contributed by atoms with E-state index in [-0.39, 0.29) is 6.10 Å². The smallest absolute Gasteiger partial charge is 0.248 e. The maximum absolute atomic E-state index is 10.8. The van der Waals surface area contributed by atoms with Crippen LogP contribution >= 0.6 is 0 Å². The largest absolute Gasteiger partial charge is 0.393 e. The minimum absolute atomic E-state index is 0.273. The first-order chi connectivity index (χ1) is 7.59. The number of benzene rings is 1. The van der Waals surface area contributed by atoms with E-state index in [0.29, 0.717) is 5.56 Å². The van der Waals surface area contributed by atoms with Gasteiger partial charge in [-0.15, -0.1) is 0 Å². The van der Waals surface area contributed by atoms with Crippen LogP contribution in [0.5, 0.6) is 0 Å².